The number of nitrogens with one attached hydrogen (secondary N) is 1. The molecule has 0 aliphatic rings. The van der Waals surface area contributed by atoms with Crippen LogP contribution < -0.4 is 5.32 Å². The minimum absolute atomic E-state index is 0.156. The van der Waals surface area contributed by atoms with Crippen LogP contribution in [0.4, 0.5) is 5.69 Å². The lowest BCUT2D eigenvalue weighted by Crippen LogP contribution is -2.46. The van der Waals surface area contributed by atoms with Gasteiger partial charge in [-0.05, 0) is 17.7 Å². The van der Waals surface area contributed by atoms with Crippen molar-refractivity contribution < 1.29 is 28.8 Å². The molecule has 10 nitrogen and oxygen atoms in total. The first-order valence-corrected chi connectivity index (χ1v) is 9.88. The molecule has 0 bridgehead atoms. The first-order valence-electron chi connectivity index (χ1n) is 9.88. The number of ether oxygens (including phenoxy) is 2. The SMILES string of the molecule is COC(=O)C[C@@H](c1ccc([N+](=O)[O-])cc1)[C@@H](NC(=O)c1cnc2ccccc2c1)C(=O)OC. The van der Waals surface area contributed by atoms with Gasteiger partial charge in [-0.2, -0.15) is 0 Å². The number of aromatic nitrogens is 1. The van der Waals surface area contributed by atoms with Gasteiger partial charge >= 0.3 is 11.9 Å². The molecule has 1 aromatic heterocycles. The van der Waals surface area contributed by atoms with Gasteiger partial charge in [-0.25, -0.2) is 4.79 Å². The van der Waals surface area contributed by atoms with Gasteiger partial charge < -0.3 is 14.8 Å². The Balaban J connectivity index is 1.96. The first-order chi connectivity index (χ1) is 15.8. The van der Waals surface area contributed by atoms with Crippen LogP contribution in [0.25, 0.3) is 10.9 Å². The molecule has 2 atom stereocenters. The number of nitro benzene ring substituents is 1. The largest absolute Gasteiger partial charge is 0.469 e. The highest BCUT2D eigenvalue weighted by Gasteiger charge is 2.34. The molecule has 3 aromatic rings. The lowest BCUT2D eigenvalue weighted by Gasteiger charge is -2.26. The molecule has 1 N–H and O–H groups in total. The van der Waals surface area contributed by atoms with E-state index in [1.54, 1.807) is 18.2 Å². The maximum Gasteiger partial charge on any atom is 0.329 e. The van der Waals surface area contributed by atoms with E-state index in [0.29, 0.717) is 11.1 Å². The minimum Gasteiger partial charge on any atom is -0.469 e. The molecule has 1 amide bonds. The van der Waals surface area contributed by atoms with Gasteiger partial charge in [0.2, 0.25) is 0 Å². The van der Waals surface area contributed by atoms with Crippen LogP contribution in [-0.2, 0) is 19.1 Å². The summed E-state index contributed by atoms with van der Waals surface area (Å²) in [6.45, 7) is 0. The summed E-state index contributed by atoms with van der Waals surface area (Å²) in [4.78, 5) is 52.4. The van der Waals surface area contributed by atoms with E-state index in [4.69, 9.17) is 9.47 Å². The molecular weight excluding hydrogens is 430 g/mol. The summed E-state index contributed by atoms with van der Waals surface area (Å²) in [7, 11) is 2.35. The molecule has 33 heavy (non-hydrogen) atoms. The van der Waals surface area contributed by atoms with Crippen molar-refractivity contribution in [3.63, 3.8) is 0 Å². The Bertz CT molecular complexity index is 1190. The van der Waals surface area contributed by atoms with Gasteiger partial charge in [0.1, 0.15) is 6.04 Å². The number of fused-ring (bicyclic) bond motifs is 1. The van der Waals surface area contributed by atoms with Crippen molar-refractivity contribution in [2.24, 2.45) is 0 Å². The molecule has 0 spiro atoms. The van der Waals surface area contributed by atoms with Gasteiger partial charge in [0.25, 0.3) is 11.6 Å². The van der Waals surface area contributed by atoms with Crippen molar-refractivity contribution in [1.82, 2.24) is 10.3 Å². The van der Waals surface area contributed by atoms with E-state index in [2.05, 4.69) is 10.3 Å². The number of carbonyl (C=O) groups is 3. The van der Waals surface area contributed by atoms with Crippen molar-refractivity contribution in [2.45, 2.75) is 18.4 Å². The molecule has 2 aromatic carbocycles. The molecule has 0 fully saturated rings. The molecule has 0 radical (unpaired) electrons. The van der Waals surface area contributed by atoms with Crippen LogP contribution in [0.1, 0.15) is 28.3 Å². The van der Waals surface area contributed by atoms with Gasteiger partial charge in [-0.1, -0.05) is 30.3 Å². The second kappa shape index (κ2) is 10.3. The van der Waals surface area contributed by atoms with Crippen molar-refractivity contribution in [2.75, 3.05) is 14.2 Å². The zero-order valence-corrected chi connectivity index (χ0v) is 17.9. The van der Waals surface area contributed by atoms with Crippen molar-refractivity contribution >= 4 is 34.4 Å². The van der Waals surface area contributed by atoms with Crippen LogP contribution in [0, 0.1) is 10.1 Å². The Morgan fingerprint density at radius 1 is 1.06 bits per heavy atom. The van der Waals surface area contributed by atoms with E-state index in [-0.39, 0.29) is 17.7 Å². The van der Waals surface area contributed by atoms with Crippen LogP contribution in [0.5, 0.6) is 0 Å². The molecule has 0 saturated carbocycles. The van der Waals surface area contributed by atoms with Gasteiger partial charge in [0.15, 0.2) is 0 Å². The Kier molecular flexibility index (Phi) is 7.29. The summed E-state index contributed by atoms with van der Waals surface area (Å²) in [5.74, 6) is -2.92. The Hall–Kier alpha value is -4.34. The van der Waals surface area contributed by atoms with Crippen LogP contribution in [-0.4, -0.2) is 48.0 Å². The topological polar surface area (TPSA) is 138 Å². The molecule has 0 unspecified atom stereocenters. The number of esters is 2. The number of carbonyl (C=O) groups excluding carboxylic acids is 3. The number of amides is 1. The third-order valence-electron chi connectivity index (χ3n) is 5.14. The summed E-state index contributed by atoms with van der Waals surface area (Å²) in [6, 6.07) is 12.9. The monoisotopic (exact) mass is 451 g/mol. The third-order valence-corrected chi connectivity index (χ3v) is 5.14. The highest BCUT2D eigenvalue weighted by molar-refractivity contribution is 5.99. The van der Waals surface area contributed by atoms with Gasteiger partial charge in [-0.15, -0.1) is 0 Å². The molecule has 1 heterocycles. The van der Waals surface area contributed by atoms with Crippen LogP contribution in [0.2, 0.25) is 0 Å². The fraction of sp³-hybridized carbons (Fsp3) is 0.217. The van der Waals surface area contributed by atoms with E-state index in [1.165, 1.54) is 37.6 Å². The lowest BCUT2D eigenvalue weighted by atomic mass is 9.88. The zero-order valence-electron chi connectivity index (χ0n) is 17.9. The normalized spacial score (nSPS) is 12.4. The van der Waals surface area contributed by atoms with E-state index in [0.717, 1.165) is 12.5 Å². The zero-order chi connectivity index (χ0) is 24.0. The maximum atomic E-state index is 13.0. The van der Waals surface area contributed by atoms with Crippen LogP contribution in [0.3, 0.4) is 0 Å². The number of nitrogens with zero attached hydrogens (tertiary/aromatic N) is 2. The van der Waals surface area contributed by atoms with Crippen molar-refractivity contribution in [1.29, 1.82) is 0 Å². The Labute approximate surface area is 188 Å². The molecule has 0 aliphatic carbocycles. The Morgan fingerprint density at radius 2 is 1.76 bits per heavy atom. The predicted octanol–water partition coefficient (Wildman–Crippen LogP) is 2.76. The number of methoxy groups -OCH3 is 2. The molecule has 10 heteroatoms. The van der Waals surface area contributed by atoms with Crippen molar-refractivity contribution in [3.05, 3.63) is 82.0 Å². The smallest absolute Gasteiger partial charge is 0.329 e. The fourth-order valence-corrected chi connectivity index (χ4v) is 3.40. The number of non-ortho nitro benzene ring substituents is 1. The standard InChI is InChI=1S/C23H21N3O7/c1-32-20(27)12-18(14-7-9-17(10-8-14)26(30)31)21(23(29)33-2)25-22(28)16-11-15-5-3-4-6-19(15)24-13-16/h3-11,13,18,21H,12H2,1-2H3,(H,25,28)/t18-,21+/m0/s1. The molecule has 170 valence electrons. The van der Waals surface area contributed by atoms with E-state index in [1.807, 2.05) is 12.1 Å². The van der Waals surface area contributed by atoms with Gasteiger partial charge in [0, 0.05) is 29.6 Å². The van der Waals surface area contributed by atoms with Crippen LogP contribution >= 0.6 is 0 Å². The lowest BCUT2D eigenvalue weighted by molar-refractivity contribution is -0.384. The minimum atomic E-state index is -1.27. The van der Waals surface area contributed by atoms with E-state index < -0.39 is 34.7 Å². The van der Waals surface area contributed by atoms with Crippen molar-refractivity contribution in [3.8, 4) is 0 Å². The van der Waals surface area contributed by atoms with Gasteiger partial charge in [-0.3, -0.25) is 24.7 Å². The number of hydrogen-bond donors (Lipinski definition) is 1. The third kappa shape index (κ3) is 5.48. The highest BCUT2D eigenvalue weighted by atomic mass is 16.6. The number of benzene rings is 2. The quantitative estimate of drug-likeness (QED) is 0.313. The fourth-order valence-electron chi connectivity index (χ4n) is 3.40. The number of pyridine rings is 1. The summed E-state index contributed by atoms with van der Waals surface area (Å²) in [6.07, 6.45) is 1.11. The first kappa shape index (κ1) is 23.3. The average Bonchev–Trinajstić information content (AvgIpc) is 2.85. The number of para-hydroxylation sites is 1. The second-order valence-electron chi connectivity index (χ2n) is 7.13. The summed E-state index contributed by atoms with van der Waals surface area (Å²) in [5, 5.41) is 14.3. The average molecular weight is 451 g/mol. The van der Waals surface area contributed by atoms with Gasteiger partial charge in [0.05, 0.1) is 36.6 Å². The number of rotatable bonds is 8. The van der Waals surface area contributed by atoms with E-state index >= 15 is 0 Å². The summed E-state index contributed by atoms with van der Waals surface area (Å²) < 4.78 is 9.61. The number of nitro groups is 1. The molecule has 0 aliphatic heterocycles. The maximum absolute atomic E-state index is 13.0. The summed E-state index contributed by atoms with van der Waals surface area (Å²) in [5.41, 5.74) is 1.17. The second-order valence-corrected chi connectivity index (χ2v) is 7.13. The Morgan fingerprint density at radius 3 is 2.39 bits per heavy atom. The highest BCUT2D eigenvalue weighted by Crippen LogP contribution is 2.27. The predicted molar refractivity (Wildman–Crippen MR) is 117 cm³/mol. The molecule has 3 rings (SSSR count). The number of hydrogen-bond acceptors (Lipinski definition) is 8. The molecular formula is C23H21N3O7. The van der Waals surface area contributed by atoms with E-state index in [9.17, 15) is 24.5 Å². The summed E-state index contributed by atoms with van der Waals surface area (Å²) >= 11 is 0. The molecule has 0 saturated heterocycles. The van der Waals surface area contributed by atoms with Crippen LogP contribution in [0.15, 0.2) is 60.8 Å².